The van der Waals surface area contributed by atoms with Crippen LogP contribution < -0.4 is 5.32 Å². The molecule has 146 valence electrons. The first-order valence-corrected chi connectivity index (χ1v) is 10.8. The predicted molar refractivity (Wildman–Crippen MR) is 115 cm³/mol. The molecule has 1 aliphatic rings. The van der Waals surface area contributed by atoms with E-state index in [4.69, 9.17) is 23.2 Å². The first kappa shape index (κ1) is 20.5. The summed E-state index contributed by atoms with van der Waals surface area (Å²) in [5.74, 6) is 0. The summed E-state index contributed by atoms with van der Waals surface area (Å²) >= 11 is 14.7. The Morgan fingerprint density at radius 2 is 1.96 bits per heavy atom. The quantitative estimate of drug-likeness (QED) is 0.699. The average Bonchev–Trinajstić information content (AvgIpc) is 3.18. The fraction of sp³-hybridized carbons (Fsp3) is 0.450. The van der Waals surface area contributed by atoms with Crippen LogP contribution in [0, 0.1) is 0 Å². The number of hydrogen-bond donors (Lipinski definition) is 1. The lowest BCUT2D eigenvalue weighted by Gasteiger charge is -2.35. The molecule has 27 heavy (non-hydrogen) atoms. The van der Waals surface area contributed by atoms with Crippen LogP contribution >= 0.6 is 34.5 Å². The molecule has 1 aliphatic heterocycles. The second kappa shape index (κ2) is 8.82. The van der Waals surface area contributed by atoms with Crippen molar-refractivity contribution in [1.29, 1.82) is 0 Å². The van der Waals surface area contributed by atoms with Gasteiger partial charge in [-0.3, -0.25) is 0 Å². The Bertz CT molecular complexity index is 789. The number of carbonyl (C=O) groups is 1. The number of amides is 2. The van der Waals surface area contributed by atoms with Crippen LogP contribution in [0.15, 0.2) is 29.6 Å². The molecule has 1 fully saturated rings. The maximum Gasteiger partial charge on any atom is 0.317 e. The van der Waals surface area contributed by atoms with Gasteiger partial charge in [-0.25, -0.2) is 4.79 Å². The molecule has 7 heteroatoms. The lowest BCUT2D eigenvalue weighted by molar-refractivity contribution is 0.146. The molecule has 3 rings (SSSR count). The number of thiophene rings is 1. The summed E-state index contributed by atoms with van der Waals surface area (Å²) in [6.45, 7) is 3.97. The van der Waals surface area contributed by atoms with E-state index in [1.165, 1.54) is 0 Å². The average molecular weight is 426 g/mol. The van der Waals surface area contributed by atoms with Crippen LogP contribution in [0.2, 0.25) is 10.0 Å². The third-order valence-electron chi connectivity index (χ3n) is 5.26. The molecule has 2 aromatic rings. The maximum absolute atomic E-state index is 12.7. The summed E-state index contributed by atoms with van der Waals surface area (Å²) < 4.78 is 0. The molecule has 1 N–H and O–H groups in total. The first-order valence-electron chi connectivity index (χ1n) is 9.12. The predicted octanol–water partition coefficient (Wildman–Crippen LogP) is 5.52. The zero-order valence-corrected chi connectivity index (χ0v) is 18.2. The lowest BCUT2D eigenvalue weighted by Crippen LogP contribution is -2.48. The van der Waals surface area contributed by atoms with E-state index in [2.05, 4.69) is 17.3 Å². The molecule has 0 spiro atoms. The summed E-state index contributed by atoms with van der Waals surface area (Å²) in [6.07, 6.45) is 1.99. The van der Waals surface area contributed by atoms with Crippen LogP contribution in [0.5, 0.6) is 0 Å². The van der Waals surface area contributed by atoms with Crippen LogP contribution in [-0.2, 0) is 0 Å². The van der Waals surface area contributed by atoms with Gasteiger partial charge in [0.05, 0.1) is 16.1 Å². The number of nitrogens with zero attached hydrogens (tertiary/aromatic N) is 2. The summed E-state index contributed by atoms with van der Waals surface area (Å²) in [4.78, 5) is 17.9. The second-order valence-electron chi connectivity index (χ2n) is 7.12. The van der Waals surface area contributed by atoms with E-state index in [0.717, 1.165) is 41.9 Å². The molecule has 4 nitrogen and oxygen atoms in total. The fourth-order valence-electron chi connectivity index (χ4n) is 3.43. The Morgan fingerprint density at radius 3 is 2.59 bits per heavy atom. The van der Waals surface area contributed by atoms with Crippen molar-refractivity contribution in [2.45, 2.75) is 31.8 Å². The van der Waals surface area contributed by atoms with Crippen molar-refractivity contribution in [3.05, 3.63) is 45.3 Å². The Labute approximate surface area is 175 Å². The number of urea groups is 1. The lowest BCUT2D eigenvalue weighted by atomic mass is 10.0. The topological polar surface area (TPSA) is 35.6 Å². The van der Waals surface area contributed by atoms with Crippen molar-refractivity contribution >= 4 is 40.6 Å². The van der Waals surface area contributed by atoms with E-state index in [9.17, 15) is 4.79 Å². The van der Waals surface area contributed by atoms with Gasteiger partial charge in [0, 0.05) is 23.5 Å². The Kier molecular flexibility index (Phi) is 6.69. The minimum atomic E-state index is -0.228. The summed E-state index contributed by atoms with van der Waals surface area (Å²) in [5, 5.41) is 6.10. The van der Waals surface area contributed by atoms with Crippen molar-refractivity contribution in [2.75, 3.05) is 27.2 Å². The summed E-state index contributed by atoms with van der Waals surface area (Å²) in [6, 6.07) is 7.89. The molecular formula is C20H25Cl2N3OS. The van der Waals surface area contributed by atoms with Crippen molar-refractivity contribution in [3.8, 4) is 10.4 Å². The molecule has 2 heterocycles. The normalized spacial score (nSPS) is 16.9. The van der Waals surface area contributed by atoms with Gasteiger partial charge < -0.3 is 15.1 Å². The van der Waals surface area contributed by atoms with Crippen LogP contribution in [-0.4, -0.2) is 49.1 Å². The minimum Gasteiger partial charge on any atom is -0.331 e. The van der Waals surface area contributed by atoms with Gasteiger partial charge >= 0.3 is 6.03 Å². The van der Waals surface area contributed by atoms with Gasteiger partial charge in [0.1, 0.15) is 0 Å². The van der Waals surface area contributed by atoms with Crippen molar-refractivity contribution in [3.63, 3.8) is 0 Å². The highest BCUT2D eigenvalue weighted by atomic mass is 35.5. The molecule has 1 aromatic carbocycles. The summed E-state index contributed by atoms with van der Waals surface area (Å²) in [7, 11) is 3.98. The number of benzene rings is 1. The largest absolute Gasteiger partial charge is 0.331 e. The number of piperidine rings is 1. The van der Waals surface area contributed by atoms with Crippen molar-refractivity contribution in [2.24, 2.45) is 0 Å². The Balaban J connectivity index is 1.69. The first-order chi connectivity index (χ1) is 12.9. The highest BCUT2D eigenvalue weighted by Crippen LogP contribution is 2.39. The number of likely N-dealkylation sites (tertiary alicyclic amines) is 1. The highest BCUT2D eigenvalue weighted by Gasteiger charge is 2.25. The molecular weight excluding hydrogens is 401 g/mol. The molecule has 1 atom stereocenters. The van der Waals surface area contributed by atoms with E-state index in [-0.39, 0.29) is 18.1 Å². The fourth-order valence-corrected chi connectivity index (χ4v) is 4.85. The molecule has 1 aromatic heterocycles. The third-order valence-corrected chi connectivity index (χ3v) is 7.06. The van der Waals surface area contributed by atoms with Crippen LogP contribution in [0.4, 0.5) is 4.79 Å². The Morgan fingerprint density at radius 1 is 1.26 bits per heavy atom. The highest BCUT2D eigenvalue weighted by molar-refractivity contribution is 7.13. The van der Waals surface area contributed by atoms with Gasteiger partial charge in [0.2, 0.25) is 0 Å². The smallest absolute Gasteiger partial charge is 0.317 e. The summed E-state index contributed by atoms with van der Waals surface area (Å²) in [5.41, 5.74) is 1.74. The van der Waals surface area contributed by atoms with Gasteiger partial charge in [-0.1, -0.05) is 41.4 Å². The molecule has 0 saturated carbocycles. The van der Waals surface area contributed by atoms with E-state index in [0.29, 0.717) is 10.0 Å². The molecule has 0 radical (unpaired) electrons. The van der Waals surface area contributed by atoms with E-state index < -0.39 is 0 Å². The van der Waals surface area contributed by atoms with E-state index >= 15 is 0 Å². The maximum atomic E-state index is 12.7. The number of nitrogens with one attached hydrogen (secondary N) is 1. The molecule has 0 bridgehead atoms. The third kappa shape index (κ3) is 4.60. The standard InChI is InChI=1S/C20H25Cl2N3OS/c1-13(23-20(26)25(3)14-8-10-24(2)11-9-14)15-6-7-16(19(22)18(15)21)17-5-4-12-27-17/h4-7,12-14H,8-11H2,1-3H3,(H,23,26). The van der Waals surface area contributed by atoms with Gasteiger partial charge in [-0.15, -0.1) is 11.3 Å². The van der Waals surface area contributed by atoms with Crippen LogP contribution in [0.1, 0.15) is 31.4 Å². The van der Waals surface area contributed by atoms with Crippen LogP contribution in [0.25, 0.3) is 10.4 Å². The molecule has 0 aliphatic carbocycles. The Hall–Kier alpha value is -1.27. The van der Waals surface area contributed by atoms with Crippen molar-refractivity contribution < 1.29 is 4.79 Å². The van der Waals surface area contributed by atoms with Gasteiger partial charge in [-0.2, -0.15) is 0 Å². The van der Waals surface area contributed by atoms with Gasteiger partial charge in [-0.05, 0) is 56.9 Å². The van der Waals surface area contributed by atoms with Gasteiger partial charge in [0.25, 0.3) is 0 Å². The molecule has 1 unspecified atom stereocenters. The SMILES string of the molecule is CC(NC(=O)N(C)C1CCN(C)CC1)c1ccc(-c2cccs2)c(Cl)c1Cl. The van der Waals surface area contributed by atoms with Crippen LogP contribution in [0.3, 0.4) is 0 Å². The van der Waals surface area contributed by atoms with Crippen molar-refractivity contribution in [1.82, 2.24) is 15.1 Å². The number of rotatable bonds is 4. The number of hydrogen-bond acceptors (Lipinski definition) is 3. The molecule has 2 amide bonds. The zero-order valence-electron chi connectivity index (χ0n) is 15.8. The monoisotopic (exact) mass is 425 g/mol. The number of halogens is 2. The zero-order chi connectivity index (χ0) is 19.6. The van der Waals surface area contributed by atoms with E-state index in [1.54, 1.807) is 11.3 Å². The number of carbonyl (C=O) groups excluding carboxylic acids is 1. The second-order valence-corrected chi connectivity index (χ2v) is 8.83. The molecule has 1 saturated heterocycles. The van der Waals surface area contributed by atoms with E-state index in [1.807, 2.05) is 48.5 Å². The minimum absolute atomic E-state index is 0.0772. The van der Waals surface area contributed by atoms with Gasteiger partial charge in [0.15, 0.2) is 0 Å².